The molecule has 2 amide bonds. The van der Waals surface area contributed by atoms with Crippen LogP contribution in [0.5, 0.6) is 0 Å². The third-order valence-corrected chi connectivity index (χ3v) is 3.41. The fourth-order valence-corrected chi connectivity index (χ4v) is 2.09. The number of amides is 2. The summed E-state index contributed by atoms with van der Waals surface area (Å²) in [4.78, 5) is 32.4. The molecule has 0 atom stereocenters. The molecule has 0 aliphatic rings. The average molecular weight is 382 g/mol. The molecule has 1 aromatic carbocycles. The summed E-state index contributed by atoms with van der Waals surface area (Å²) in [7, 11) is 0. The molecule has 2 aromatic rings. The lowest BCUT2D eigenvalue weighted by Crippen LogP contribution is -2.31. The first-order chi connectivity index (χ1) is 12.1. The van der Waals surface area contributed by atoms with Crippen LogP contribution < -0.4 is 16.4 Å². The Kier molecular flexibility index (Phi) is 9.18. The highest BCUT2D eigenvalue weighted by Crippen LogP contribution is 2.05. The van der Waals surface area contributed by atoms with Gasteiger partial charge >= 0.3 is 0 Å². The zero-order chi connectivity index (χ0) is 18.1. The van der Waals surface area contributed by atoms with Crippen molar-refractivity contribution in [1.82, 2.24) is 20.6 Å². The van der Waals surface area contributed by atoms with Crippen LogP contribution in [0.25, 0.3) is 0 Å². The van der Waals surface area contributed by atoms with E-state index < -0.39 is 11.8 Å². The van der Waals surface area contributed by atoms with E-state index >= 15 is 0 Å². The maximum Gasteiger partial charge on any atom is 0.272 e. The number of carbonyl (C=O) groups excluding carboxylic acids is 2. The lowest BCUT2D eigenvalue weighted by Gasteiger charge is -2.09. The Hall–Kier alpha value is -2.58. The predicted octanol–water partition coefficient (Wildman–Crippen LogP) is 1.44. The largest absolute Gasteiger partial charge is 0.351 e. The third-order valence-electron chi connectivity index (χ3n) is 3.41. The van der Waals surface area contributed by atoms with E-state index in [1.54, 1.807) is 12.1 Å². The minimum Gasteiger partial charge on any atom is -0.351 e. The van der Waals surface area contributed by atoms with Crippen LogP contribution in [0.4, 0.5) is 4.39 Å². The van der Waals surface area contributed by atoms with E-state index in [1.807, 2.05) is 0 Å². The van der Waals surface area contributed by atoms with Gasteiger partial charge in [0.05, 0.1) is 0 Å². The highest BCUT2D eigenvalue weighted by atomic mass is 35.5. The van der Waals surface area contributed by atoms with Crippen molar-refractivity contribution in [3.8, 4) is 0 Å². The monoisotopic (exact) mass is 381 g/mol. The molecule has 7 nitrogen and oxygen atoms in total. The van der Waals surface area contributed by atoms with Crippen molar-refractivity contribution in [2.24, 2.45) is 5.73 Å². The van der Waals surface area contributed by atoms with Crippen molar-refractivity contribution < 1.29 is 14.0 Å². The normalized spacial score (nSPS) is 9.92. The topological polar surface area (TPSA) is 110 Å². The van der Waals surface area contributed by atoms with Crippen molar-refractivity contribution in [3.63, 3.8) is 0 Å². The van der Waals surface area contributed by atoms with Crippen LogP contribution >= 0.6 is 12.4 Å². The van der Waals surface area contributed by atoms with Crippen LogP contribution in [-0.2, 0) is 6.54 Å². The van der Waals surface area contributed by atoms with E-state index in [-0.39, 0.29) is 36.2 Å². The van der Waals surface area contributed by atoms with Gasteiger partial charge in [0, 0.05) is 25.5 Å². The number of benzene rings is 1. The third kappa shape index (κ3) is 6.38. The summed E-state index contributed by atoms with van der Waals surface area (Å²) in [6, 6.07) is 5.75. The van der Waals surface area contributed by atoms with E-state index in [0.717, 1.165) is 18.4 Å². The molecule has 140 valence electrons. The Morgan fingerprint density at radius 3 is 2.12 bits per heavy atom. The van der Waals surface area contributed by atoms with Crippen molar-refractivity contribution in [2.45, 2.75) is 19.4 Å². The van der Waals surface area contributed by atoms with Gasteiger partial charge in [-0.2, -0.15) is 0 Å². The van der Waals surface area contributed by atoms with Crippen molar-refractivity contribution >= 4 is 24.2 Å². The second-order valence-corrected chi connectivity index (χ2v) is 5.31. The molecule has 0 fully saturated rings. The van der Waals surface area contributed by atoms with Gasteiger partial charge in [0.15, 0.2) is 11.4 Å². The van der Waals surface area contributed by atoms with Crippen molar-refractivity contribution in [1.29, 1.82) is 0 Å². The Bertz CT molecular complexity index is 727. The number of nitrogens with zero attached hydrogens (tertiary/aromatic N) is 2. The zero-order valence-corrected chi connectivity index (χ0v) is 14.9. The molecule has 2 rings (SSSR count). The summed E-state index contributed by atoms with van der Waals surface area (Å²) in [5.74, 6) is -1.33. The van der Waals surface area contributed by atoms with E-state index in [2.05, 4.69) is 20.6 Å². The number of unbranched alkanes of at least 4 members (excludes halogenated alkanes) is 1. The second-order valence-electron chi connectivity index (χ2n) is 5.31. The number of rotatable bonds is 8. The molecule has 0 radical (unpaired) electrons. The lowest BCUT2D eigenvalue weighted by molar-refractivity contribution is 0.0909. The molecule has 0 aliphatic heterocycles. The molecule has 0 aliphatic carbocycles. The van der Waals surface area contributed by atoms with Gasteiger partial charge in [0.2, 0.25) is 0 Å². The first kappa shape index (κ1) is 21.5. The van der Waals surface area contributed by atoms with Gasteiger partial charge in [-0.3, -0.25) is 9.59 Å². The number of aromatic nitrogens is 2. The van der Waals surface area contributed by atoms with Crippen LogP contribution in [0.15, 0.2) is 36.7 Å². The van der Waals surface area contributed by atoms with Gasteiger partial charge in [-0.15, -0.1) is 12.4 Å². The predicted molar refractivity (Wildman–Crippen MR) is 97.5 cm³/mol. The standard InChI is InChI=1S/C17H20FN5O2.ClH/c18-13-5-3-12(4-6-13)11-23-17(25)15-14(20-9-10-21-15)16(24)22-8-2-1-7-19;/h3-6,9-10H,1-2,7-8,11,19H2,(H,22,24)(H,23,25);1H. The van der Waals surface area contributed by atoms with E-state index in [1.165, 1.54) is 24.5 Å². The van der Waals surface area contributed by atoms with Gasteiger partial charge in [-0.25, -0.2) is 14.4 Å². The summed E-state index contributed by atoms with van der Waals surface area (Å²) >= 11 is 0. The molecule has 1 heterocycles. The smallest absolute Gasteiger partial charge is 0.272 e. The minimum absolute atomic E-state index is 0. The maximum absolute atomic E-state index is 12.9. The van der Waals surface area contributed by atoms with Crippen molar-refractivity contribution in [3.05, 3.63) is 59.4 Å². The number of hydrogen-bond donors (Lipinski definition) is 3. The van der Waals surface area contributed by atoms with Gasteiger partial charge < -0.3 is 16.4 Å². The second kappa shape index (κ2) is 11.1. The molecule has 0 bridgehead atoms. The summed E-state index contributed by atoms with van der Waals surface area (Å²) in [6.45, 7) is 1.19. The molecular formula is C17H21ClFN5O2. The molecule has 0 unspecified atom stereocenters. The highest BCUT2D eigenvalue weighted by molar-refractivity contribution is 6.04. The maximum atomic E-state index is 12.9. The Morgan fingerprint density at radius 1 is 0.962 bits per heavy atom. The molecule has 26 heavy (non-hydrogen) atoms. The number of carbonyl (C=O) groups is 2. The summed E-state index contributed by atoms with van der Waals surface area (Å²) < 4.78 is 12.9. The van der Waals surface area contributed by atoms with Gasteiger partial charge in [-0.05, 0) is 37.1 Å². The molecule has 1 aromatic heterocycles. The van der Waals surface area contributed by atoms with Crippen molar-refractivity contribution in [2.75, 3.05) is 13.1 Å². The molecule has 0 saturated heterocycles. The van der Waals surface area contributed by atoms with E-state index in [0.29, 0.717) is 13.1 Å². The summed E-state index contributed by atoms with van der Waals surface area (Å²) in [5, 5.41) is 5.34. The van der Waals surface area contributed by atoms with Crippen LogP contribution in [0, 0.1) is 5.82 Å². The SMILES string of the molecule is Cl.NCCCCNC(=O)c1nccnc1C(=O)NCc1ccc(F)cc1. The number of hydrogen-bond acceptors (Lipinski definition) is 5. The minimum atomic E-state index is -0.524. The van der Waals surface area contributed by atoms with Gasteiger partial charge in [0.1, 0.15) is 5.82 Å². The summed E-state index contributed by atoms with van der Waals surface area (Å²) in [5.41, 5.74) is 6.04. The molecule has 0 saturated carbocycles. The Morgan fingerprint density at radius 2 is 1.54 bits per heavy atom. The van der Waals surface area contributed by atoms with Crippen LogP contribution in [0.3, 0.4) is 0 Å². The van der Waals surface area contributed by atoms with Crippen LogP contribution in [0.2, 0.25) is 0 Å². The fourth-order valence-electron chi connectivity index (χ4n) is 2.09. The quantitative estimate of drug-likeness (QED) is 0.599. The molecular weight excluding hydrogens is 361 g/mol. The highest BCUT2D eigenvalue weighted by Gasteiger charge is 2.19. The van der Waals surface area contributed by atoms with E-state index in [9.17, 15) is 14.0 Å². The lowest BCUT2D eigenvalue weighted by atomic mass is 10.2. The van der Waals surface area contributed by atoms with Gasteiger partial charge in [-0.1, -0.05) is 12.1 Å². The van der Waals surface area contributed by atoms with E-state index in [4.69, 9.17) is 5.73 Å². The fraction of sp³-hybridized carbons (Fsp3) is 0.294. The van der Waals surface area contributed by atoms with Crippen LogP contribution in [0.1, 0.15) is 39.4 Å². The molecule has 4 N–H and O–H groups in total. The molecule has 0 spiro atoms. The molecule has 9 heteroatoms. The van der Waals surface area contributed by atoms with Crippen LogP contribution in [-0.4, -0.2) is 34.9 Å². The number of nitrogens with one attached hydrogen (secondary N) is 2. The number of nitrogens with two attached hydrogens (primary N) is 1. The number of halogens is 2. The first-order valence-electron chi connectivity index (χ1n) is 7.93. The zero-order valence-electron chi connectivity index (χ0n) is 14.1. The Balaban J connectivity index is 0.00000338. The summed E-state index contributed by atoms with van der Waals surface area (Å²) in [6.07, 6.45) is 4.24. The average Bonchev–Trinajstić information content (AvgIpc) is 2.64. The first-order valence-corrected chi connectivity index (χ1v) is 7.93. The van der Waals surface area contributed by atoms with Gasteiger partial charge in [0.25, 0.3) is 11.8 Å². The Labute approximate surface area is 157 Å².